The lowest BCUT2D eigenvalue weighted by atomic mass is 10.0. The van der Waals surface area contributed by atoms with Gasteiger partial charge in [0.05, 0.1) is 29.2 Å². The summed E-state index contributed by atoms with van der Waals surface area (Å²) in [5.74, 6) is 0.921. The van der Waals surface area contributed by atoms with Crippen molar-refractivity contribution in [2.75, 3.05) is 44.7 Å². The first-order valence-corrected chi connectivity index (χ1v) is 11.9. The Morgan fingerprint density at radius 3 is 2.57 bits per heavy atom. The molecule has 0 bridgehead atoms. The molecule has 0 saturated carbocycles. The standard InChI is InChI=1S/C27H26N10/c1-4-30-24(16-29-2)19-35-7-9-36(10-8-35)26-6-5-20(13-31-26)25-11-21(23-15-32-34(3)17-23)18-37-27(25)22(12-28)14-33-37/h1,5-6,11,13-18H,7-10,19H2,2-3H3. The van der Waals surface area contributed by atoms with Crippen LogP contribution in [0.2, 0.25) is 0 Å². The number of anilines is 1. The molecule has 10 heteroatoms. The summed E-state index contributed by atoms with van der Waals surface area (Å²) >= 11 is 0. The van der Waals surface area contributed by atoms with E-state index < -0.39 is 0 Å². The van der Waals surface area contributed by atoms with E-state index in [-0.39, 0.29) is 0 Å². The van der Waals surface area contributed by atoms with Gasteiger partial charge in [-0.3, -0.25) is 14.6 Å². The Balaban J connectivity index is 1.38. The maximum atomic E-state index is 9.67. The predicted molar refractivity (Wildman–Crippen MR) is 145 cm³/mol. The molecule has 0 amide bonds. The smallest absolute Gasteiger partial charge is 0.128 e. The fourth-order valence-corrected chi connectivity index (χ4v) is 4.59. The molecule has 4 aromatic rings. The van der Waals surface area contributed by atoms with Crippen molar-refractivity contribution in [3.8, 4) is 40.8 Å². The van der Waals surface area contributed by atoms with Crippen molar-refractivity contribution in [3.63, 3.8) is 0 Å². The highest BCUT2D eigenvalue weighted by atomic mass is 15.3. The maximum Gasteiger partial charge on any atom is 0.128 e. The van der Waals surface area contributed by atoms with Gasteiger partial charge in [0.15, 0.2) is 0 Å². The van der Waals surface area contributed by atoms with E-state index in [1.165, 1.54) is 0 Å². The Labute approximate surface area is 215 Å². The van der Waals surface area contributed by atoms with Crippen LogP contribution in [0, 0.1) is 23.8 Å². The van der Waals surface area contributed by atoms with E-state index in [2.05, 4.69) is 54.2 Å². The summed E-state index contributed by atoms with van der Waals surface area (Å²) in [7, 11) is 3.60. The topological polar surface area (TPSA) is 103 Å². The van der Waals surface area contributed by atoms with Crippen LogP contribution in [0.25, 0.3) is 27.8 Å². The molecule has 37 heavy (non-hydrogen) atoms. The van der Waals surface area contributed by atoms with Gasteiger partial charge >= 0.3 is 0 Å². The zero-order valence-electron chi connectivity index (χ0n) is 20.8. The molecule has 5 heterocycles. The number of terminal acetylenes is 1. The molecule has 0 aliphatic carbocycles. The molecular formula is C27H26N10. The van der Waals surface area contributed by atoms with Crippen LogP contribution in [0.1, 0.15) is 5.56 Å². The normalized spacial score (nSPS) is 14.8. The molecule has 1 saturated heterocycles. The molecule has 0 aromatic carbocycles. The Kier molecular flexibility index (Phi) is 6.75. The van der Waals surface area contributed by atoms with Gasteiger partial charge in [0.2, 0.25) is 0 Å². The van der Waals surface area contributed by atoms with Gasteiger partial charge in [-0.1, -0.05) is 6.42 Å². The number of nitriles is 1. The van der Waals surface area contributed by atoms with Crippen LogP contribution in [-0.2, 0) is 7.05 Å². The number of rotatable bonds is 6. The zero-order valence-corrected chi connectivity index (χ0v) is 20.8. The van der Waals surface area contributed by atoms with Crippen LogP contribution in [0.3, 0.4) is 0 Å². The van der Waals surface area contributed by atoms with Gasteiger partial charge in [-0.2, -0.15) is 20.5 Å². The third-order valence-corrected chi connectivity index (χ3v) is 6.40. The molecule has 1 fully saturated rings. The molecule has 0 spiro atoms. The molecule has 0 atom stereocenters. The first kappa shape index (κ1) is 23.9. The number of hydrogen-bond acceptors (Lipinski definition) is 8. The largest absolute Gasteiger partial charge is 0.354 e. The van der Waals surface area contributed by atoms with Crippen molar-refractivity contribution in [1.82, 2.24) is 29.3 Å². The quantitative estimate of drug-likeness (QED) is 0.304. The second kappa shape index (κ2) is 10.4. The summed E-state index contributed by atoms with van der Waals surface area (Å²) in [6.45, 7) is 4.12. The van der Waals surface area contributed by atoms with Crippen molar-refractivity contribution in [2.45, 2.75) is 0 Å². The van der Waals surface area contributed by atoms with Crippen LogP contribution in [0.5, 0.6) is 0 Å². The van der Waals surface area contributed by atoms with Crippen molar-refractivity contribution in [3.05, 3.63) is 54.7 Å². The highest BCUT2D eigenvalue weighted by Crippen LogP contribution is 2.32. The lowest BCUT2D eigenvalue weighted by Crippen LogP contribution is -2.48. The third kappa shape index (κ3) is 4.96. The van der Waals surface area contributed by atoms with Crippen molar-refractivity contribution in [1.29, 1.82) is 5.26 Å². The van der Waals surface area contributed by atoms with E-state index >= 15 is 0 Å². The maximum absolute atomic E-state index is 9.67. The minimum Gasteiger partial charge on any atom is -0.354 e. The van der Waals surface area contributed by atoms with Gasteiger partial charge in [-0.05, 0) is 18.2 Å². The number of pyridine rings is 2. The number of piperazine rings is 1. The molecule has 1 aliphatic heterocycles. The average molecular weight is 491 g/mol. The Hall–Kier alpha value is -4.80. The molecule has 0 radical (unpaired) electrons. The summed E-state index contributed by atoms with van der Waals surface area (Å²) in [5.41, 5.74) is 5.83. The SMILES string of the molecule is C#CN=C(C=NC)CN1CCN(c2ccc(-c3cc(-c4cnn(C)c4)cn4ncc(C#N)c34)cn2)CC1. The number of aliphatic imine (C=N–C) groups is 2. The van der Waals surface area contributed by atoms with Crippen molar-refractivity contribution in [2.24, 2.45) is 17.0 Å². The van der Waals surface area contributed by atoms with E-state index in [4.69, 9.17) is 11.4 Å². The molecule has 1 aliphatic rings. The van der Waals surface area contributed by atoms with Gasteiger partial charge in [0.25, 0.3) is 0 Å². The fourth-order valence-electron chi connectivity index (χ4n) is 4.59. The fraction of sp³-hybridized carbons (Fsp3) is 0.259. The van der Waals surface area contributed by atoms with Crippen LogP contribution in [-0.4, -0.2) is 81.0 Å². The number of nitrogens with zero attached hydrogens (tertiary/aromatic N) is 10. The van der Waals surface area contributed by atoms with E-state index in [1.54, 1.807) is 28.7 Å². The predicted octanol–water partition coefficient (Wildman–Crippen LogP) is 2.52. The van der Waals surface area contributed by atoms with E-state index in [0.29, 0.717) is 12.1 Å². The van der Waals surface area contributed by atoms with E-state index in [1.807, 2.05) is 37.9 Å². The molecule has 184 valence electrons. The Morgan fingerprint density at radius 1 is 1.08 bits per heavy atom. The van der Waals surface area contributed by atoms with E-state index in [9.17, 15) is 5.26 Å². The lowest BCUT2D eigenvalue weighted by molar-refractivity contribution is 0.292. The zero-order chi connectivity index (χ0) is 25.8. The number of hydrogen-bond donors (Lipinski definition) is 0. The second-order valence-corrected chi connectivity index (χ2v) is 8.80. The number of fused-ring (bicyclic) bond motifs is 1. The van der Waals surface area contributed by atoms with Crippen molar-refractivity contribution < 1.29 is 0 Å². The minimum atomic E-state index is 0.522. The summed E-state index contributed by atoms with van der Waals surface area (Å²) < 4.78 is 3.52. The molecule has 0 N–H and O–H groups in total. The Bertz CT molecular complexity index is 1550. The monoisotopic (exact) mass is 490 g/mol. The van der Waals surface area contributed by atoms with Gasteiger partial charge < -0.3 is 4.90 Å². The summed E-state index contributed by atoms with van der Waals surface area (Å²) in [4.78, 5) is 17.5. The number of aryl methyl sites for hydroxylation is 1. The van der Waals surface area contributed by atoms with Crippen LogP contribution in [0.4, 0.5) is 5.82 Å². The van der Waals surface area contributed by atoms with Crippen LogP contribution >= 0.6 is 0 Å². The molecule has 0 unspecified atom stereocenters. The summed E-state index contributed by atoms with van der Waals surface area (Å²) in [5, 5.41) is 18.4. The molecular weight excluding hydrogens is 464 g/mol. The molecule has 5 rings (SSSR count). The summed E-state index contributed by atoms with van der Waals surface area (Å²) in [6.07, 6.45) is 16.2. The highest BCUT2D eigenvalue weighted by Gasteiger charge is 2.20. The second-order valence-electron chi connectivity index (χ2n) is 8.80. The van der Waals surface area contributed by atoms with Gasteiger partial charge in [0, 0.05) is 99.9 Å². The van der Waals surface area contributed by atoms with E-state index in [0.717, 1.165) is 65.5 Å². The Morgan fingerprint density at radius 2 is 1.92 bits per heavy atom. The van der Waals surface area contributed by atoms with Gasteiger partial charge in [-0.25, -0.2) is 9.50 Å². The lowest BCUT2D eigenvalue weighted by Gasteiger charge is -2.35. The molecule has 10 nitrogen and oxygen atoms in total. The van der Waals surface area contributed by atoms with Gasteiger partial charge in [-0.15, -0.1) is 0 Å². The third-order valence-electron chi connectivity index (χ3n) is 6.40. The first-order valence-electron chi connectivity index (χ1n) is 11.9. The van der Waals surface area contributed by atoms with Crippen molar-refractivity contribution >= 4 is 23.3 Å². The first-order chi connectivity index (χ1) is 18.1. The average Bonchev–Trinajstić information content (AvgIpc) is 3.55. The minimum absolute atomic E-state index is 0.522. The van der Waals surface area contributed by atoms with Crippen LogP contribution < -0.4 is 4.90 Å². The van der Waals surface area contributed by atoms with Gasteiger partial charge in [0.1, 0.15) is 11.9 Å². The number of aromatic nitrogens is 5. The molecule has 4 aromatic heterocycles. The van der Waals surface area contributed by atoms with Crippen LogP contribution in [0.15, 0.2) is 59.2 Å². The summed E-state index contributed by atoms with van der Waals surface area (Å²) in [6, 6.07) is 10.8. The highest BCUT2D eigenvalue weighted by molar-refractivity contribution is 6.31.